The molecule has 0 amide bonds. The summed E-state index contributed by atoms with van der Waals surface area (Å²) in [5.41, 5.74) is 4.22. The second-order valence-electron chi connectivity index (χ2n) is 4.19. The second kappa shape index (κ2) is 4.70. The summed E-state index contributed by atoms with van der Waals surface area (Å²) in [7, 11) is 0. The van der Waals surface area contributed by atoms with E-state index in [4.69, 9.17) is 5.84 Å². The van der Waals surface area contributed by atoms with Gasteiger partial charge in [-0.15, -0.1) is 0 Å². The highest BCUT2D eigenvalue weighted by molar-refractivity contribution is 5.32. The molecule has 102 valence electrons. The van der Waals surface area contributed by atoms with E-state index in [0.29, 0.717) is 11.9 Å². The molecule has 9 heteroatoms. The Hall–Kier alpha value is -2.81. The topological polar surface area (TPSA) is 112 Å². The summed E-state index contributed by atoms with van der Waals surface area (Å²) in [4.78, 5) is 12.7. The van der Waals surface area contributed by atoms with Crippen LogP contribution < -0.4 is 11.3 Å². The third-order valence-corrected chi connectivity index (χ3v) is 2.65. The molecule has 3 aromatic rings. The molecule has 0 atom stereocenters. The molecule has 9 nitrogen and oxygen atoms in total. The number of rotatable bonds is 3. The molecule has 0 spiro atoms. The molecule has 20 heavy (non-hydrogen) atoms. The molecule has 0 saturated heterocycles. The van der Waals surface area contributed by atoms with Crippen molar-refractivity contribution in [3.05, 3.63) is 35.9 Å². The molecule has 0 aromatic carbocycles. The fourth-order valence-electron chi connectivity index (χ4n) is 1.83. The molecule has 3 aromatic heterocycles. The summed E-state index contributed by atoms with van der Waals surface area (Å²) in [6, 6.07) is 3.72. The van der Waals surface area contributed by atoms with Crippen LogP contribution in [0.15, 0.2) is 24.5 Å². The van der Waals surface area contributed by atoms with Crippen LogP contribution >= 0.6 is 0 Å². The van der Waals surface area contributed by atoms with Gasteiger partial charge in [-0.1, -0.05) is 0 Å². The zero-order chi connectivity index (χ0) is 14.1. The van der Waals surface area contributed by atoms with Crippen molar-refractivity contribution in [2.24, 2.45) is 5.84 Å². The van der Waals surface area contributed by atoms with Gasteiger partial charge in [0.15, 0.2) is 0 Å². The van der Waals surface area contributed by atoms with Crippen LogP contribution in [-0.4, -0.2) is 34.5 Å². The lowest BCUT2D eigenvalue weighted by Crippen LogP contribution is -2.17. The van der Waals surface area contributed by atoms with Gasteiger partial charge in [0.25, 0.3) is 11.9 Å². The third-order valence-electron chi connectivity index (χ3n) is 2.65. The van der Waals surface area contributed by atoms with Gasteiger partial charge in [0.1, 0.15) is 0 Å². The van der Waals surface area contributed by atoms with Gasteiger partial charge in [-0.25, -0.2) is 15.2 Å². The van der Waals surface area contributed by atoms with Crippen molar-refractivity contribution in [1.29, 1.82) is 0 Å². The number of nitrogen functional groups attached to an aromatic ring is 1. The lowest BCUT2D eigenvalue weighted by molar-refractivity contribution is 0.730. The standard InChI is InChI=1S/C11H13N9/c1-7-6-8(2)20(18-7)11-15-9(17-12)14-10(16-11)19-5-3-4-13-19/h3-6H,12H2,1-2H3,(H,14,15,16,17). The van der Waals surface area contributed by atoms with Gasteiger partial charge in [-0.05, 0) is 26.0 Å². The lowest BCUT2D eigenvalue weighted by Gasteiger charge is -2.07. The van der Waals surface area contributed by atoms with E-state index in [0.717, 1.165) is 11.4 Å². The molecule has 3 heterocycles. The summed E-state index contributed by atoms with van der Waals surface area (Å²) in [6.45, 7) is 3.83. The fraction of sp³-hybridized carbons (Fsp3) is 0.182. The maximum atomic E-state index is 5.40. The summed E-state index contributed by atoms with van der Waals surface area (Å²) in [5.74, 6) is 6.38. The van der Waals surface area contributed by atoms with Gasteiger partial charge in [0, 0.05) is 18.1 Å². The number of nitrogens with one attached hydrogen (secondary N) is 1. The van der Waals surface area contributed by atoms with E-state index in [2.05, 4.69) is 30.6 Å². The highest BCUT2D eigenvalue weighted by Crippen LogP contribution is 2.11. The van der Waals surface area contributed by atoms with E-state index < -0.39 is 0 Å². The fourth-order valence-corrected chi connectivity index (χ4v) is 1.83. The smallest absolute Gasteiger partial charge is 0.257 e. The summed E-state index contributed by atoms with van der Waals surface area (Å²) < 4.78 is 3.16. The van der Waals surface area contributed by atoms with Crippen LogP contribution in [-0.2, 0) is 0 Å². The first-order chi connectivity index (χ1) is 9.67. The van der Waals surface area contributed by atoms with Crippen molar-refractivity contribution in [3.63, 3.8) is 0 Å². The molecule has 0 aliphatic heterocycles. The zero-order valence-corrected chi connectivity index (χ0v) is 11.0. The van der Waals surface area contributed by atoms with E-state index >= 15 is 0 Å². The molecule has 3 rings (SSSR count). The quantitative estimate of drug-likeness (QED) is 0.515. The Labute approximate surface area is 114 Å². The maximum Gasteiger partial charge on any atom is 0.257 e. The Morgan fingerprint density at radius 1 is 1.15 bits per heavy atom. The van der Waals surface area contributed by atoms with Gasteiger partial charge >= 0.3 is 0 Å². The van der Waals surface area contributed by atoms with Crippen molar-refractivity contribution < 1.29 is 0 Å². The zero-order valence-electron chi connectivity index (χ0n) is 11.0. The molecule has 3 N–H and O–H groups in total. The van der Waals surface area contributed by atoms with E-state index in [1.165, 1.54) is 4.68 Å². The number of anilines is 1. The van der Waals surface area contributed by atoms with Gasteiger partial charge in [0.05, 0.1) is 5.69 Å². The van der Waals surface area contributed by atoms with Gasteiger partial charge in [-0.3, -0.25) is 5.43 Å². The minimum Gasteiger partial charge on any atom is -0.292 e. The SMILES string of the molecule is Cc1cc(C)n(-c2nc(NN)nc(-n3cccn3)n2)n1. The van der Waals surface area contributed by atoms with Crippen LogP contribution in [0.1, 0.15) is 11.4 Å². The highest BCUT2D eigenvalue weighted by Gasteiger charge is 2.12. The predicted molar refractivity (Wildman–Crippen MR) is 71.4 cm³/mol. The van der Waals surface area contributed by atoms with Crippen LogP contribution in [0.25, 0.3) is 11.9 Å². The average Bonchev–Trinajstić information content (AvgIpc) is 3.08. The highest BCUT2D eigenvalue weighted by atomic mass is 15.4. The van der Waals surface area contributed by atoms with Gasteiger partial charge in [-0.2, -0.15) is 25.1 Å². The Morgan fingerprint density at radius 2 is 1.95 bits per heavy atom. The largest absolute Gasteiger partial charge is 0.292 e. The van der Waals surface area contributed by atoms with Crippen LogP contribution in [0.2, 0.25) is 0 Å². The van der Waals surface area contributed by atoms with Gasteiger partial charge < -0.3 is 0 Å². The first-order valence-corrected chi connectivity index (χ1v) is 5.94. The first kappa shape index (κ1) is 12.2. The Bertz CT molecular complexity index is 728. The predicted octanol–water partition coefficient (Wildman–Crippen LogP) is 0.145. The summed E-state index contributed by atoms with van der Waals surface area (Å²) >= 11 is 0. The average molecular weight is 271 g/mol. The monoisotopic (exact) mass is 271 g/mol. The minimum absolute atomic E-state index is 0.244. The van der Waals surface area contributed by atoms with Crippen LogP contribution in [0.3, 0.4) is 0 Å². The molecule has 0 fully saturated rings. The normalized spacial score (nSPS) is 10.8. The molecular formula is C11H13N9. The van der Waals surface area contributed by atoms with Crippen molar-refractivity contribution in [3.8, 4) is 11.9 Å². The van der Waals surface area contributed by atoms with Crippen molar-refractivity contribution in [2.75, 3.05) is 5.43 Å². The summed E-state index contributed by atoms with van der Waals surface area (Å²) in [6.07, 6.45) is 3.38. The number of hydrogen-bond acceptors (Lipinski definition) is 7. The number of hydrazine groups is 1. The van der Waals surface area contributed by atoms with Crippen molar-refractivity contribution in [1.82, 2.24) is 34.5 Å². The molecule has 0 radical (unpaired) electrons. The number of nitrogens with zero attached hydrogens (tertiary/aromatic N) is 7. The van der Waals surface area contributed by atoms with Crippen LogP contribution in [0.5, 0.6) is 0 Å². The first-order valence-electron chi connectivity index (χ1n) is 5.94. The lowest BCUT2D eigenvalue weighted by atomic mass is 10.4. The molecule has 0 unspecified atom stereocenters. The second-order valence-corrected chi connectivity index (χ2v) is 4.19. The van der Waals surface area contributed by atoms with Crippen molar-refractivity contribution in [2.45, 2.75) is 13.8 Å². The van der Waals surface area contributed by atoms with E-state index in [9.17, 15) is 0 Å². The molecule has 0 bridgehead atoms. The van der Waals surface area contributed by atoms with Gasteiger partial charge in [0.2, 0.25) is 5.95 Å². The Kier molecular flexibility index (Phi) is 2.88. The molecule has 0 aliphatic carbocycles. The van der Waals surface area contributed by atoms with Crippen LogP contribution in [0, 0.1) is 13.8 Å². The number of aromatic nitrogens is 7. The third kappa shape index (κ3) is 2.10. The number of hydrogen-bond donors (Lipinski definition) is 2. The van der Waals surface area contributed by atoms with E-state index in [1.54, 1.807) is 23.1 Å². The van der Waals surface area contributed by atoms with Crippen molar-refractivity contribution >= 4 is 5.95 Å². The Morgan fingerprint density at radius 3 is 2.55 bits per heavy atom. The number of nitrogens with two attached hydrogens (primary N) is 1. The van der Waals surface area contributed by atoms with E-state index in [-0.39, 0.29) is 5.95 Å². The Balaban J connectivity index is 2.16. The van der Waals surface area contributed by atoms with Crippen LogP contribution in [0.4, 0.5) is 5.95 Å². The maximum absolute atomic E-state index is 5.40. The molecule has 0 aliphatic rings. The molecule has 0 saturated carbocycles. The minimum atomic E-state index is 0.244. The van der Waals surface area contributed by atoms with E-state index in [1.807, 2.05) is 19.9 Å². The molecular weight excluding hydrogens is 258 g/mol. The summed E-state index contributed by atoms with van der Waals surface area (Å²) in [5, 5.41) is 8.43. The number of aryl methyl sites for hydroxylation is 2.